The fourth-order valence-electron chi connectivity index (χ4n) is 3.22. The summed E-state index contributed by atoms with van der Waals surface area (Å²) in [5.41, 5.74) is 5.61. The van der Waals surface area contributed by atoms with Crippen molar-refractivity contribution < 1.29 is 9.90 Å². The molecule has 4 heteroatoms. The first-order valence-electron chi connectivity index (χ1n) is 7.25. The molecule has 1 aliphatic carbocycles. The molecule has 0 radical (unpaired) electrons. The van der Waals surface area contributed by atoms with Gasteiger partial charge in [0.1, 0.15) is 0 Å². The van der Waals surface area contributed by atoms with E-state index in [-0.39, 0.29) is 17.4 Å². The number of amides is 1. The van der Waals surface area contributed by atoms with Gasteiger partial charge in [-0.05, 0) is 44.4 Å². The average molecular weight is 254 g/mol. The van der Waals surface area contributed by atoms with Gasteiger partial charge in [0.15, 0.2) is 0 Å². The lowest BCUT2D eigenvalue weighted by atomic mass is 9.70. The molecule has 2 fully saturated rings. The highest BCUT2D eigenvalue weighted by Crippen LogP contribution is 2.40. The highest BCUT2D eigenvalue weighted by Gasteiger charge is 2.42. The first-order valence-corrected chi connectivity index (χ1v) is 7.25. The minimum Gasteiger partial charge on any atom is -0.393 e. The van der Waals surface area contributed by atoms with Crippen LogP contribution in [0.15, 0.2) is 0 Å². The number of rotatable bonds is 2. The highest BCUT2D eigenvalue weighted by molar-refractivity contribution is 5.83. The molecule has 0 spiro atoms. The molecule has 4 nitrogen and oxygen atoms in total. The molecule has 2 rings (SSSR count). The Balaban J connectivity index is 2.01. The van der Waals surface area contributed by atoms with Gasteiger partial charge in [-0.2, -0.15) is 0 Å². The molecule has 1 saturated heterocycles. The second-order valence-corrected chi connectivity index (χ2v) is 6.19. The largest absolute Gasteiger partial charge is 0.393 e. The van der Waals surface area contributed by atoms with Crippen molar-refractivity contribution in [2.45, 2.75) is 51.6 Å². The lowest BCUT2D eigenvalue weighted by molar-refractivity contribution is -0.146. The SMILES string of the molecule is CC1CCC(CN)(C(=O)N2CCC(O)CC2)CC1. The van der Waals surface area contributed by atoms with Crippen LogP contribution in [0.3, 0.4) is 0 Å². The van der Waals surface area contributed by atoms with Crippen molar-refractivity contribution in [2.75, 3.05) is 19.6 Å². The van der Waals surface area contributed by atoms with E-state index in [2.05, 4.69) is 6.92 Å². The third kappa shape index (κ3) is 2.69. The van der Waals surface area contributed by atoms with E-state index < -0.39 is 0 Å². The van der Waals surface area contributed by atoms with Gasteiger partial charge in [0, 0.05) is 19.6 Å². The Morgan fingerprint density at radius 1 is 1.28 bits per heavy atom. The molecule has 1 amide bonds. The van der Waals surface area contributed by atoms with Crippen molar-refractivity contribution in [2.24, 2.45) is 17.1 Å². The smallest absolute Gasteiger partial charge is 0.230 e. The van der Waals surface area contributed by atoms with Crippen molar-refractivity contribution in [3.05, 3.63) is 0 Å². The molecule has 2 aliphatic rings. The lowest BCUT2D eigenvalue weighted by Crippen LogP contribution is -2.52. The van der Waals surface area contributed by atoms with Crippen LogP contribution in [-0.4, -0.2) is 41.7 Å². The predicted octanol–water partition coefficient (Wildman–Crippen LogP) is 1.12. The van der Waals surface area contributed by atoms with Gasteiger partial charge in [-0.1, -0.05) is 6.92 Å². The van der Waals surface area contributed by atoms with Crippen molar-refractivity contribution in [1.29, 1.82) is 0 Å². The van der Waals surface area contributed by atoms with Gasteiger partial charge in [0.2, 0.25) is 5.91 Å². The fraction of sp³-hybridized carbons (Fsp3) is 0.929. The van der Waals surface area contributed by atoms with Gasteiger partial charge in [-0.3, -0.25) is 4.79 Å². The molecule has 0 aromatic heterocycles. The van der Waals surface area contributed by atoms with E-state index >= 15 is 0 Å². The van der Waals surface area contributed by atoms with Crippen LogP contribution in [0.5, 0.6) is 0 Å². The maximum atomic E-state index is 12.7. The Hall–Kier alpha value is -0.610. The van der Waals surface area contributed by atoms with Crippen LogP contribution in [0.1, 0.15) is 45.4 Å². The summed E-state index contributed by atoms with van der Waals surface area (Å²) in [6.45, 7) is 4.11. The van der Waals surface area contributed by atoms with Crippen LogP contribution < -0.4 is 5.73 Å². The molecule has 104 valence electrons. The summed E-state index contributed by atoms with van der Waals surface area (Å²) in [5.74, 6) is 0.962. The summed E-state index contributed by atoms with van der Waals surface area (Å²) >= 11 is 0. The summed E-state index contributed by atoms with van der Waals surface area (Å²) in [4.78, 5) is 14.6. The quantitative estimate of drug-likeness (QED) is 0.776. The monoisotopic (exact) mass is 254 g/mol. The molecular weight excluding hydrogens is 228 g/mol. The molecule has 1 heterocycles. The number of nitrogens with two attached hydrogens (primary N) is 1. The summed E-state index contributed by atoms with van der Waals surface area (Å²) in [6.07, 6.45) is 5.28. The van der Waals surface area contributed by atoms with Crippen LogP contribution in [0.2, 0.25) is 0 Å². The Bertz CT molecular complexity index is 290. The molecule has 1 saturated carbocycles. The molecule has 3 N–H and O–H groups in total. The summed E-state index contributed by atoms with van der Waals surface area (Å²) in [6, 6.07) is 0. The van der Waals surface area contributed by atoms with E-state index in [1.165, 1.54) is 0 Å². The third-order valence-corrected chi connectivity index (χ3v) is 4.83. The Kier molecular flexibility index (Phi) is 4.28. The number of piperidine rings is 1. The molecule has 0 aromatic rings. The van der Waals surface area contributed by atoms with E-state index in [0.717, 1.165) is 31.6 Å². The minimum absolute atomic E-state index is 0.228. The summed E-state index contributed by atoms with van der Waals surface area (Å²) < 4.78 is 0. The summed E-state index contributed by atoms with van der Waals surface area (Å²) in [7, 11) is 0. The number of hydrogen-bond donors (Lipinski definition) is 2. The number of carbonyl (C=O) groups is 1. The van der Waals surface area contributed by atoms with E-state index in [0.29, 0.717) is 32.5 Å². The second-order valence-electron chi connectivity index (χ2n) is 6.19. The molecule has 0 bridgehead atoms. The molecule has 1 aliphatic heterocycles. The zero-order valence-corrected chi connectivity index (χ0v) is 11.4. The Morgan fingerprint density at radius 2 is 1.83 bits per heavy atom. The molecule has 18 heavy (non-hydrogen) atoms. The molecule has 0 unspecified atom stereocenters. The van der Waals surface area contributed by atoms with Gasteiger partial charge in [0.05, 0.1) is 11.5 Å². The van der Waals surface area contributed by atoms with Crippen LogP contribution in [0, 0.1) is 11.3 Å². The first kappa shape index (κ1) is 13.8. The molecule has 0 atom stereocenters. The Morgan fingerprint density at radius 3 is 2.33 bits per heavy atom. The zero-order chi connectivity index (χ0) is 13.2. The number of nitrogens with zero attached hydrogens (tertiary/aromatic N) is 1. The molecule has 0 aromatic carbocycles. The van der Waals surface area contributed by atoms with Crippen molar-refractivity contribution in [3.8, 4) is 0 Å². The number of aliphatic hydroxyl groups is 1. The zero-order valence-electron chi connectivity index (χ0n) is 11.4. The fourth-order valence-corrected chi connectivity index (χ4v) is 3.22. The van der Waals surface area contributed by atoms with Crippen LogP contribution in [0.4, 0.5) is 0 Å². The topological polar surface area (TPSA) is 66.6 Å². The van der Waals surface area contributed by atoms with Crippen LogP contribution in [-0.2, 0) is 4.79 Å². The standard InChI is InChI=1S/C14H26N2O2/c1-11-2-6-14(10-15,7-3-11)13(18)16-8-4-12(17)5-9-16/h11-12,17H,2-10,15H2,1H3. The van der Waals surface area contributed by atoms with Gasteiger partial charge in [-0.15, -0.1) is 0 Å². The maximum Gasteiger partial charge on any atom is 0.230 e. The number of carbonyl (C=O) groups excluding carboxylic acids is 1. The van der Waals surface area contributed by atoms with Gasteiger partial charge < -0.3 is 15.7 Å². The van der Waals surface area contributed by atoms with E-state index in [1.807, 2.05) is 4.90 Å². The van der Waals surface area contributed by atoms with Crippen LogP contribution >= 0.6 is 0 Å². The maximum absolute atomic E-state index is 12.7. The van der Waals surface area contributed by atoms with Crippen molar-refractivity contribution in [1.82, 2.24) is 4.90 Å². The van der Waals surface area contributed by atoms with E-state index in [4.69, 9.17) is 5.73 Å². The minimum atomic E-state index is -0.311. The van der Waals surface area contributed by atoms with E-state index in [1.54, 1.807) is 0 Å². The van der Waals surface area contributed by atoms with Crippen molar-refractivity contribution >= 4 is 5.91 Å². The highest BCUT2D eigenvalue weighted by atomic mass is 16.3. The molecular formula is C14H26N2O2. The number of likely N-dealkylation sites (tertiary alicyclic amines) is 1. The van der Waals surface area contributed by atoms with Crippen LogP contribution in [0.25, 0.3) is 0 Å². The average Bonchev–Trinajstić information content (AvgIpc) is 2.40. The number of hydrogen-bond acceptors (Lipinski definition) is 3. The third-order valence-electron chi connectivity index (χ3n) is 4.83. The van der Waals surface area contributed by atoms with Gasteiger partial charge >= 0.3 is 0 Å². The van der Waals surface area contributed by atoms with Gasteiger partial charge in [-0.25, -0.2) is 0 Å². The first-order chi connectivity index (χ1) is 8.57. The van der Waals surface area contributed by atoms with E-state index in [9.17, 15) is 9.90 Å². The normalized spacial score (nSPS) is 34.6. The lowest BCUT2D eigenvalue weighted by Gasteiger charge is -2.42. The second kappa shape index (κ2) is 5.57. The Labute approximate surface area is 110 Å². The van der Waals surface area contributed by atoms with Crippen molar-refractivity contribution in [3.63, 3.8) is 0 Å². The predicted molar refractivity (Wildman–Crippen MR) is 70.9 cm³/mol. The number of aliphatic hydroxyl groups excluding tert-OH is 1. The van der Waals surface area contributed by atoms with Gasteiger partial charge in [0.25, 0.3) is 0 Å². The summed E-state index contributed by atoms with van der Waals surface area (Å²) in [5, 5.41) is 9.51.